The van der Waals surface area contributed by atoms with Crippen LogP contribution < -0.4 is 10.6 Å². The molecule has 0 aliphatic heterocycles. The molecule has 112 valence electrons. The van der Waals surface area contributed by atoms with Crippen LogP contribution in [0.1, 0.15) is 27.7 Å². The number of hydrogen-bond donors (Lipinski definition) is 2. The van der Waals surface area contributed by atoms with Crippen molar-refractivity contribution < 1.29 is 13.2 Å². The van der Waals surface area contributed by atoms with E-state index in [2.05, 4.69) is 10.6 Å². The predicted molar refractivity (Wildman–Crippen MR) is 80.6 cm³/mol. The third-order valence-corrected chi connectivity index (χ3v) is 4.79. The van der Waals surface area contributed by atoms with E-state index < -0.39 is 15.4 Å². The molecule has 20 heavy (non-hydrogen) atoms. The van der Waals surface area contributed by atoms with Crippen LogP contribution >= 0.6 is 0 Å². The Morgan fingerprint density at radius 1 is 1.15 bits per heavy atom. The normalized spacial score (nSPS) is 12.2. The number of nitrogens with one attached hydrogen (secondary N) is 2. The van der Waals surface area contributed by atoms with Crippen LogP contribution in [0.2, 0.25) is 0 Å². The summed E-state index contributed by atoms with van der Waals surface area (Å²) in [7, 11) is -3.21. The van der Waals surface area contributed by atoms with E-state index in [0.717, 1.165) is 0 Å². The van der Waals surface area contributed by atoms with Crippen LogP contribution in [-0.4, -0.2) is 32.2 Å². The maximum atomic E-state index is 12.1. The summed E-state index contributed by atoms with van der Waals surface area (Å²) in [5.74, 6) is -0.1000. The Hall–Kier alpha value is -1.40. The Morgan fingerprint density at radius 2 is 1.70 bits per heavy atom. The van der Waals surface area contributed by atoms with Gasteiger partial charge in [0.15, 0.2) is 9.84 Å². The van der Waals surface area contributed by atoms with Crippen molar-refractivity contribution in [2.75, 3.05) is 17.6 Å². The van der Waals surface area contributed by atoms with Gasteiger partial charge in [-0.2, -0.15) is 0 Å². The van der Waals surface area contributed by atoms with Crippen molar-refractivity contribution in [2.24, 2.45) is 0 Å². The van der Waals surface area contributed by atoms with Crippen molar-refractivity contribution in [3.8, 4) is 0 Å². The molecule has 0 atom stereocenters. The SMILES string of the molecule is CCNC(C)(C)C(=O)Nc1ccc(S(=O)(=O)CC)cc1. The number of likely N-dealkylation sites (N-methyl/N-ethyl adjacent to an activating group) is 1. The summed E-state index contributed by atoms with van der Waals surface area (Å²) in [6.45, 7) is 7.81. The molecular formula is C14H22N2O3S. The number of carbonyl (C=O) groups is 1. The van der Waals surface area contributed by atoms with Gasteiger partial charge in [-0.15, -0.1) is 0 Å². The van der Waals surface area contributed by atoms with Crippen molar-refractivity contribution in [3.05, 3.63) is 24.3 Å². The number of sulfone groups is 1. The summed E-state index contributed by atoms with van der Waals surface area (Å²) in [4.78, 5) is 12.3. The molecule has 0 fully saturated rings. The van der Waals surface area contributed by atoms with Crippen molar-refractivity contribution in [2.45, 2.75) is 38.1 Å². The number of hydrogen-bond acceptors (Lipinski definition) is 4. The molecule has 1 aromatic rings. The molecule has 0 bridgehead atoms. The Kier molecular flexibility index (Phi) is 5.30. The second kappa shape index (κ2) is 6.37. The Balaban J connectivity index is 2.84. The minimum Gasteiger partial charge on any atom is -0.325 e. The maximum Gasteiger partial charge on any atom is 0.244 e. The second-order valence-electron chi connectivity index (χ2n) is 5.04. The zero-order chi connectivity index (χ0) is 15.4. The topological polar surface area (TPSA) is 75.3 Å². The van der Waals surface area contributed by atoms with Crippen molar-refractivity contribution in [1.29, 1.82) is 0 Å². The Morgan fingerprint density at radius 3 is 2.15 bits per heavy atom. The first-order valence-corrected chi connectivity index (χ1v) is 8.27. The molecule has 6 heteroatoms. The first kappa shape index (κ1) is 16.7. The molecule has 0 unspecified atom stereocenters. The molecule has 1 amide bonds. The largest absolute Gasteiger partial charge is 0.325 e. The third-order valence-electron chi connectivity index (χ3n) is 3.04. The van der Waals surface area contributed by atoms with Gasteiger partial charge < -0.3 is 10.6 Å². The molecule has 0 aliphatic rings. The molecule has 0 radical (unpaired) electrons. The lowest BCUT2D eigenvalue weighted by Crippen LogP contribution is -2.49. The molecule has 0 saturated carbocycles. The van der Waals surface area contributed by atoms with E-state index >= 15 is 0 Å². The molecule has 1 aromatic carbocycles. The fourth-order valence-electron chi connectivity index (χ4n) is 1.72. The fourth-order valence-corrected chi connectivity index (χ4v) is 2.61. The van der Waals surface area contributed by atoms with Gasteiger partial charge >= 0.3 is 0 Å². The van der Waals surface area contributed by atoms with Crippen LogP contribution in [0.15, 0.2) is 29.2 Å². The molecule has 0 heterocycles. The maximum absolute atomic E-state index is 12.1. The summed E-state index contributed by atoms with van der Waals surface area (Å²) in [5, 5.41) is 5.85. The van der Waals surface area contributed by atoms with Crippen LogP contribution in [0.25, 0.3) is 0 Å². The number of carbonyl (C=O) groups excluding carboxylic acids is 1. The minimum absolute atomic E-state index is 0.0617. The van der Waals surface area contributed by atoms with Crippen LogP contribution in [-0.2, 0) is 14.6 Å². The molecule has 0 aromatic heterocycles. The quantitative estimate of drug-likeness (QED) is 0.840. The second-order valence-corrected chi connectivity index (χ2v) is 7.32. The summed E-state index contributed by atoms with van der Waals surface area (Å²) >= 11 is 0. The molecule has 0 saturated heterocycles. The molecule has 1 rings (SSSR count). The minimum atomic E-state index is -3.21. The van der Waals surface area contributed by atoms with E-state index in [0.29, 0.717) is 12.2 Å². The highest BCUT2D eigenvalue weighted by molar-refractivity contribution is 7.91. The summed E-state index contributed by atoms with van der Waals surface area (Å²) in [6, 6.07) is 6.22. The molecule has 2 N–H and O–H groups in total. The van der Waals surface area contributed by atoms with E-state index in [-0.39, 0.29) is 16.6 Å². The Bertz CT molecular complexity index is 563. The Labute approximate surface area is 120 Å². The highest BCUT2D eigenvalue weighted by Crippen LogP contribution is 2.16. The van der Waals surface area contributed by atoms with E-state index in [9.17, 15) is 13.2 Å². The molecule has 0 aliphatic carbocycles. The van der Waals surface area contributed by atoms with Crippen LogP contribution in [0.5, 0.6) is 0 Å². The summed E-state index contributed by atoms with van der Waals surface area (Å²) in [5.41, 5.74) is -0.0980. The van der Waals surface area contributed by atoms with E-state index in [1.165, 1.54) is 12.1 Å². The highest BCUT2D eigenvalue weighted by Gasteiger charge is 2.26. The lowest BCUT2D eigenvalue weighted by Gasteiger charge is -2.24. The number of anilines is 1. The number of amides is 1. The average molecular weight is 298 g/mol. The summed E-state index contributed by atoms with van der Waals surface area (Å²) in [6.07, 6.45) is 0. The standard InChI is InChI=1S/C14H22N2O3S/c1-5-15-14(3,4)13(17)16-11-7-9-12(10-8-11)20(18,19)6-2/h7-10,15H,5-6H2,1-4H3,(H,16,17). The van der Waals surface area contributed by atoms with Gasteiger partial charge in [-0.1, -0.05) is 13.8 Å². The van der Waals surface area contributed by atoms with Gasteiger partial charge in [0.2, 0.25) is 5.91 Å². The van der Waals surface area contributed by atoms with Crippen LogP contribution in [0.3, 0.4) is 0 Å². The van der Waals surface area contributed by atoms with Gasteiger partial charge in [-0.05, 0) is 44.7 Å². The zero-order valence-corrected chi connectivity index (χ0v) is 13.2. The number of benzene rings is 1. The van der Waals surface area contributed by atoms with E-state index in [1.807, 2.05) is 6.92 Å². The van der Waals surface area contributed by atoms with Gasteiger partial charge in [-0.3, -0.25) is 4.79 Å². The molecule has 0 spiro atoms. The van der Waals surface area contributed by atoms with Crippen molar-refractivity contribution >= 4 is 21.4 Å². The predicted octanol–water partition coefficient (Wildman–Crippen LogP) is 1.81. The summed E-state index contributed by atoms with van der Waals surface area (Å²) < 4.78 is 23.4. The van der Waals surface area contributed by atoms with Gasteiger partial charge in [-0.25, -0.2) is 8.42 Å². The highest BCUT2D eigenvalue weighted by atomic mass is 32.2. The first-order chi connectivity index (χ1) is 9.23. The van der Waals surface area contributed by atoms with E-state index in [4.69, 9.17) is 0 Å². The van der Waals surface area contributed by atoms with Gasteiger partial charge in [0.25, 0.3) is 0 Å². The van der Waals surface area contributed by atoms with Gasteiger partial charge in [0.1, 0.15) is 0 Å². The lowest BCUT2D eigenvalue weighted by molar-refractivity contribution is -0.121. The van der Waals surface area contributed by atoms with Crippen molar-refractivity contribution in [3.63, 3.8) is 0 Å². The molecule has 5 nitrogen and oxygen atoms in total. The first-order valence-electron chi connectivity index (χ1n) is 6.62. The van der Waals surface area contributed by atoms with E-state index in [1.54, 1.807) is 32.9 Å². The van der Waals surface area contributed by atoms with Crippen LogP contribution in [0.4, 0.5) is 5.69 Å². The smallest absolute Gasteiger partial charge is 0.244 e. The van der Waals surface area contributed by atoms with Gasteiger partial charge in [0, 0.05) is 5.69 Å². The third kappa shape index (κ3) is 4.05. The zero-order valence-electron chi connectivity index (χ0n) is 12.4. The molecular weight excluding hydrogens is 276 g/mol. The lowest BCUT2D eigenvalue weighted by atomic mass is 10.0. The van der Waals surface area contributed by atoms with Gasteiger partial charge in [0.05, 0.1) is 16.2 Å². The monoisotopic (exact) mass is 298 g/mol. The number of rotatable bonds is 6. The van der Waals surface area contributed by atoms with Crippen molar-refractivity contribution in [1.82, 2.24) is 5.32 Å². The fraction of sp³-hybridized carbons (Fsp3) is 0.500. The average Bonchev–Trinajstić information content (AvgIpc) is 2.39. The van der Waals surface area contributed by atoms with Crippen LogP contribution in [0, 0.1) is 0 Å².